The molecule has 2 aromatic rings. The first-order valence-electron chi connectivity index (χ1n) is 5.79. The molecule has 0 spiro atoms. The molecule has 2 heterocycles. The second kappa shape index (κ2) is 6.19. The van der Waals surface area contributed by atoms with Crippen LogP contribution in [-0.2, 0) is 16.6 Å². The molecule has 0 aliphatic rings. The van der Waals surface area contributed by atoms with Gasteiger partial charge in [-0.3, -0.25) is 0 Å². The largest absolute Gasteiger partial charge is 0.332 e. The first-order valence-corrected chi connectivity index (χ1v) is 8.16. The van der Waals surface area contributed by atoms with Gasteiger partial charge in [-0.2, -0.15) is 0 Å². The van der Waals surface area contributed by atoms with E-state index in [2.05, 4.69) is 26.5 Å². The summed E-state index contributed by atoms with van der Waals surface area (Å²) < 4.78 is 26.6. The third-order valence-electron chi connectivity index (χ3n) is 2.46. The van der Waals surface area contributed by atoms with Gasteiger partial charge in [-0.05, 0) is 18.4 Å². The number of aryl methyl sites for hydroxylation is 1. The molecule has 20 heavy (non-hydrogen) atoms. The van der Waals surface area contributed by atoms with Crippen molar-refractivity contribution in [3.05, 3.63) is 33.9 Å². The number of sulfonamides is 1. The van der Waals surface area contributed by atoms with Gasteiger partial charge in [-0.25, -0.2) is 18.1 Å². The number of imidazole rings is 1. The summed E-state index contributed by atoms with van der Waals surface area (Å²) in [6.07, 6.45) is 1.29. The standard InChI is InChI=1S/C12H14N4O2S2/c1-9-14-8-12(16-9)20(17,18)15-7-11-10(3-2-5-13)4-6-19-11/h4,6,8,15H,5,7,13H2,1H3,(H,14,16). The van der Waals surface area contributed by atoms with E-state index >= 15 is 0 Å². The highest BCUT2D eigenvalue weighted by Gasteiger charge is 2.17. The molecule has 4 N–H and O–H groups in total. The van der Waals surface area contributed by atoms with Gasteiger partial charge in [0.05, 0.1) is 12.7 Å². The number of hydrogen-bond acceptors (Lipinski definition) is 5. The van der Waals surface area contributed by atoms with Crippen molar-refractivity contribution in [3.63, 3.8) is 0 Å². The minimum absolute atomic E-state index is 0.0566. The third kappa shape index (κ3) is 3.46. The normalized spacial score (nSPS) is 11.1. The van der Waals surface area contributed by atoms with Gasteiger partial charge in [0.2, 0.25) is 0 Å². The van der Waals surface area contributed by atoms with Gasteiger partial charge in [0.25, 0.3) is 10.0 Å². The minimum atomic E-state index is -3.59. The second-order valence-electron chi connectivity index (χ2n) is 3.92. The maximum Gasteiger partial charge on any atom is 0.257 e. The van der Waals surface area contributed by atoms with Gasteiger partial charge in [-0.15, -0.1) is 11.3 Å². The average Bonchev–Trinajstić information content (AvgIpc) is 3.03. The lowest BCUT2D eigenvalue weighted by Crippen LogP contribution is -2.23. The van der Waals surface area contributed by atoms with Crippen LogP contribution in [0.15, 0.2) is 22.7 Å². The molecule has 0 saturated carbocycles. The number of nitrogens with one attached hydrogen (secondary N) is 2. The molecule has 2 rings (SSSR count). The molecule has 0 fully saturated rings. The van der Waals surface area contributed by atoms with Gasteiger partial charge >= 0.3 is 0 Å². The van der Waals surface area contributed by atoms with Crippen molar-refractivity contribution in [2.75, 3.05) is 6.54 Å². The number of H-pyrrole nitrogens is 1. The smallest absolute Gasteiger partial charge is 0.257 e. The Morgan fingerprint density at radius 3 is 3.00 bits per heavy atom. The number of nitrogens with zero attached hydrogens (tertiary/aromatic N) is 1. The molecule has 0 saturated heterocycles. The van der Waals surface area contributed by atoms with Crippen LogP contribution >= 0.6 is 11.3 Å². The maximum atomic E-state index is 12.0. The molecule has 0 bridgehead atoms. The van der Waals surface area contributed by atoms with Crippen molar-refractivity contribution in [1.82, 2.24) is 14.7 Å². The topological polar surface area (TPSA) is 101 Å². The Balaban J connectivity index is 2.11. The molecule has 6 nitrogen and oxygen atoms in total. The molecule has 0 radical (unpaired) electrons. The number of rotatable bonds is 4. The van der Waals surface area contributed by atoms with Crippen molar-refractivity contribution in [2.45, 2.75) is 18.5 Å². The van der Waals surface area contributed by atoms with Crippen LogP contribution in [0, 0.1) is 18.8 Å². The van der Waals surface area contributed by atoms with E-state index in [0.29, 0.717) is 5.82 Å². The first-order chi connectivity index (χ1) is 9.53. The highest BCUT2D eigenvalue weighted by atomic mass is 32.2. The maximum absolute atomic E-state index is 12.0. The summed E-state index contributed by atoms with van der Waals surface area (Å²) in [7, 11) is -3.59. The Hall–Kier alpha value is -1.66. The van der Waals surface area contributed by atoms with Crippen molar-refractivity contribution in [2.24, 2.45) is 5.73 Å². The lowest BCUT2D eigenvalue weighted by atomic mass is 10.2. The molecule has 0 atom stereocenters. The van der Waals surface area contributed by atoms with E-state index in [1.165, 1.54) is 17.5 Å². The summed E-state index contributed by atoms with van der Waals surface area (Å²) in [5.41, 5.74) is 6.12. The quantitative estimate of drug-likeness (QED) is 0.719. The lowest BCUT2D eigenvalue weighted by Gasteiger charge is -2.03. The first kappa shape index (κ1) is 14.7. The van der Waals surface area contributed by atoms with Crippen LogP contribution in [0.5, 0.6) is 0 Å². The molecule has 0 aliphatic carbocycles. The molecule has 0 aliphatic heterocycles. The predicted molar refractivity (Wildman–Crippen MR) is 77.6 cm³/mol. The zero-order valence-corrected chi connectivity index (χ0v) is 12.4. The SMILES string of the molecule is Cc1ncc(S(=O)(=O)NCc2sccc2C#CCN)[nH]1. The van der Waals surface area contributed by atoms with Gasteiger partial charge in [0.15, 0.2) is 5.03 Å². The molecular formula is C12H14N4O2S2. The summed E-state index contributed by atoms with van der Waals surface area (Å²) in [6.45, 7) is 2.15. The van der Waals surface area contributed by atoms with E-state index < -0.39 is 10.0 Å². The summed E-state index contributed by atoms with van der Waals surface area (Å²) >= 11 is 1.44. The third-order valence-corrected chi connectivity index (χ3v) is 4.69. The fourth-order valence-electron chi connectivity index (χ4n) is 1.51. The van der Waals surface area contributed by atoms with Crippen LogP contribution in [-0.4, -0.2) is 24.9 Å². The van der Waals surface area contributed by atoms with E-state index in [9.17, 15) is 8.42 Å². The van der Waals surface area contributed by atoms with E-state index in [0.717, 1.165) is 10.4 Å². The average molecular weight is 310 g/mol. The Labute approximate surface area is 121 Å². The van der Waals surface area contributed by atoms with Crippen LogP contribution in [0.3, 0.4) is 0 Å². The molecular weight excluding hydrogens is 296 g/mol. The van der Waals surface area contributed by atoms with Crippen LogP contribution in [0.2, 0.25) is 0 Å². The van der Waals surface area contributed by atoms with Crippen molar-refractivity contribution >= 4 is 21.4 Å². The van der Waals surface area contributed by atoms with E-state index in [-0.39, 0.29) is 18.1 Å². The van der Waals surface area contributed by atoms with Gasteiger partial charge in [0, 0.05) is 17.0 Å². The van der Waals surface area contributed by atoms with Crippen molar-refractivity contribution in [3.8, 4) is 11.8 Å². The van der Waals surface area contributed by atoms with E-state index in [1.807, 2.05) is 11.4 Å². The highest BCUT2D eigenvalue weighted by Crippen LogP contribution is 2.16. The fraction of sp³-hybridized carbons (Fsp3) is 0.250. The Morgan fingerprint density at radius 1 is 1.55 bits per heavy atom. The zero-order valence-electron chi connectivity index (χ0n) is 10.8. The monoisotopic (exact) mass is 310 g/mol. The Kier molecular flexibility index (Phi) is 4.57. The van der Waals surface area contributed by atoms with Gasteiger partial charge < -0.3 is 10.7 Å². The molecule has 0 aromatic carbocycles. The summed E-state index contributed by atoms with van der Waals surface area (Å²) in [6, 6.07) is 1.84. The number of hydrogen-bond donors (Lipinski definition) is 3. The summed E-state index contributed by atoms with van der Waals surface area (Å²) in [5, 5.41) is 1.92. The fourth-order valence-corrected chi connectivity index (χ4v) is 3.33. The number of nitrogens with two attached hydrogens (primary N) is 1. The minimum Gasteiger partial charge on any atom is -0.332 e. The molecule has 8 heteroatoms. The van der Waals surface area contributed by atoms with E-state index in [1.54, 1.807) is 6.92 Å². The number of aromatic nitrogens is 2. The van der Waals surface area contributed by atoms with Gasteiger partial charge in [-0.1, -0.05) is 11.8 Å². The van der Waals surface area contributed by atoms with Crippen LogP contribution in [0.1, 0.15) is 16.3 Å². The van der Waals surface area contributed by atoms with E-state index in [4.69, 9.17) is 5.73 Å². The molecule has 0 amide bonds. The number of aromatic amines is 1. The molecule has 0 unspecified atom stereocenters. The second-order valence-corrected chi connectivity index (χ2v) is 6.66. The predicted octanol–water partition coefficient (Wildman–Crippen LogP) is 0.568. The Morgan fingerprint density at radius 2 is 2.35 bits per heavy atom. The van der Waals surface area contributed by atoms with Gasteiger partial charge in [0.1, 0.15) is 5.82 Å². The summed E-state index contributed by atoms with van der Waals surface area (Å²) in [5.74, 6) is 6.22. The Bertz CT molecular complexity index is 750. The van der Waals surface area contributed by atoms with Crippen molar-refractivity contribution < 1.29 is 8.42 Å². The molecule has 2 aromatic heterocycles. The highest BCUT2D eigenvalue weighted by molar-refractivity contribution is 7.89. The van der Waals surface area contributed by atoms with Crippen LogP contribution in [0.25, 0.3) is 0 Å². The van der Waals surface area contributed by atoms with Crippen LogP contribution < -0.4 is 10.5 Å². The zero-order chi connectivity index (χ0) is 14.6. The van der Waals surface area contributed by atoms with Crippen molar-refractivity contribution in [1.29, 1.82) is 0 Å². The number of thiophene rings is 1. The molecule has 106 valence electrons. The lowest BCUT2D eigenvalue weighted by molar-refractivity contribution is 0.578. The van der Waals surface area contributed by atoms with Crippen LogP contribution in [0.4, 0.5) is 0 Å². The summed E-state index contributed by atoms with van der Waals surface area (Å²) in [4.78, 5) is 7.42.